The van der Waals surface area contributed by atoms with Crippen molar-refractivity contribution >= 4 is 58.3 Å². The zero-order valence-electron chi connectivity index (χ0n) is 50.2. The molecule has 2 aromatic carbocycles. The van der Waals surface area contributed by atoms with Crippen molar-refractivity contribution in [2.75, 3.05) is 138 Å². The number of hydrogen-bond donors (Lipinski definition) is 5. The number of aromatic nitrogens is 2. The van der Waals surface area contributed by atoms with E-state index in [4.69, 9.17) is 67.6 Å². The number of nitrogens with one attached hydrogen (secondary N) is 3. The first-order valence-electron chi connectivity index (χ1n) is 29.6. The number of benzene rings is 2. The normalized spacial score (nSPS) is 15.2. The summed E-state index contributed by atoms with van der Waals surface area (Å²) in [6, 6.07) is 11.9. The summed E-state index contributed by atoms with van der Waals surface area (Å²) in [4.78, 5) is 108. The number of aromatic hydroxyl groups is 1. The van der Waals surface area contributed by atoms with Gasteiger partial charge >= 0.3 is 17.9 Å². The molecule has 0 unspecified atom stereocenters. The number of pyridine rings is 2. The molecular formula is C61H79N7O21. The Morgan fingerprint density at radius 3 is 1.91 bits per heavy atom. The molecule has 28 heteroatoms. The summed E-state index contributed by atoms with van der Waals surface area (Å²) in [5, 5.41) is 19.3. The summed E-state index contributed by atoms with van der Waals surface area (Å²) in [6.45, 7) is 7.74. The van der Waals surface area contributed by atoms with Crippen molar-refractivity contribution < 1.29 is 95.5 Å². The predicted molar refractivity (Wildman–Crippen MR) is 316 cm³/mol. The van der Waals surface area contributed by atoms with Gasteiger partial charge in [-0.3, -0.25) is 33.7 Å². The molecule has 3 aliphatic heterocycles. The van der Waals surface area contributed by atoms with Crippen LogP contribution < -0.4 is 27.2 Å². The van der Waals surface area contributed by atoms with Gasteiger partial charge in [-0.25, -0.2) is 14.6 Å². The molecule has 0 fully saturated rings. The van der Waals surface area contributed by atoms with Gasteiger partial charge in [0.2, 0.25) is 17.7 Å². The molecule has 0 aliphatic carbocycles. The number of rotatable bonds is 42. The number of nitrogens with zero attached hydrogens (tertiary/aromatic N) is 3. The quantitative estimate of drug-likeness (QED) is 0.0162. The van der Waals surface area contributed by atoms with Crippen LogP contribution in [0.25, 0.3) is 22.3 Å². The maximum Gasteiger partial charge on any atom is 0.511 e. The smallest absolute Gasteiger partial charge is 0.508 e. The summed E-state index contributed by atoms with van der Waals surface area (Å²) in [7, 11) is 1.14. The minimum Gasteiger partial charge on any atom is -0.508 e. The molecule has 4 aromatic rings. The number of fused-ring (bicyclic) bond motifs is 5. The van der Waals surface area contributed by atoms with E-state index < -0.39 is 47.2 Å². The highest BCUT2D eigenvalue weighted by Crippen LogP contribution is 2.41. The number of cyclic esters (lactones) is 1. The average Bonchev–Trinajstić information content (AvgIpc) is 1.68. The van der Waals surface area contributed by atoms with Gasteiger partial charge in [-0.2, -0.15) is 0 Å². The van der Waals surface area contributed by atoms with Crippen molar-refractivity contribution in [1.82, 2.24) is 25.1 Å². The largest absolute Gasteiger partial charge is 0.511 e. The first-order valence-corrected chi connectivity index (χ1v) is 29.6. The molecule has 2 atom stereocenters. The number of phenolic OH excluding ortho intramolecular Hbond substituents is 1. The van der Waals surface area contributed by atoms with Gasteiger partial charge in [0.1, 0.15) is 25.0 Å². The summed E-state index contributed by atoms with van der Waals surface area (Å²) >= 11 is 0. The Balaban J connectivity index is 0.693. The summed E-state index contributed by atoms with van der Waals surface area (Å²) in [6.07, 6.45) is 3.27. The molecule has 5 heterocycles. The van der Waals surface area contributed by atoms with E-state index in [0.29, 0.717) is 153 Å². The minimum atomic E-state index is -2.49. The van der Waals surface area contributed by atoms with Gasteiger partial charge in [0.25, 0.3) is 17.4 Å². The third-order valence-corrected chi connectivity index (χ3v) is 14.3. The Morgan fingerprint density at radius 2 is 1.33 bits per heavy atom. The third kappa shape index (κ3) is 20.1. The molecular weight excluding hydrogens is 1170 g/mol. The molecule has 28 nitrogen and oxygen atoms in total. The SMILES string of the molecule is CCc1c2c(nc3ccc(O)cc13)-c1cc3c(c(=O)n1C2)COC(=O)[C@@]3(OC)OC(=O)OCc1ccc(NC(=O)[C@H](CCCCN)NC(=O)CCOCCOCCOCCOCCOCCOCCOCCOCCNC(=O)CCN2C(=O)C=CC2=O)cc1. The van der Waals surface area contributed by atoms with Crippen molar-refractivity contribution in [3.63, 3.8) is 0 Å². The van der Waals surface area contributed by atoms with E-state index >= 15 is 0 Å². The highest BCUT2D eigenvalue weighted by molar-refractivity contribution is 6.13. The van der Waals surface area contributed by atoms with Crippen LogP contribution in [0.2, 0.25) is 0 Å². The molecule has 7 rings (SSSR count). The Bertz CT molecular complexity index is 3120. The Labute approximate surface area is 513 Å². The first-order chi connectivity index (χ1) is 43.3. The third-order valence-electron chi connectivity index (χ3n) is 14.3. The van der Waals surface area contributed by atoms with Crippen LogP contribution in [0.3, 0.4) is 0 Å². The molecule has 0 saturated carbocycles. The van der Waals surface area contributed by atoms with Crippen LogP contribution >= 0.6 is 0 Å². The van der Waals surface area contributed by atoms with Crippen molar-refractivity contribution in [1.29, 1.82) is 0 Å². The van der Waals surface area contributed by atoms with Gasteiger partial charge in [0.15, 0.2) is 0 Å². The minimum absolute atomic E-state index is 0.0101. The van der Waals surface area contributed by atoms with E-state index in [2.05, 4.69) is 16.0 Å². The molecule has 6 N–H and O–H groups in total. The number of carbonyl (C=O) groups excluding carboxylic acids is 7. The second kappa shape index (κ2) is 36.0. The van der Waals surface area contributed by atoms with Crippen LogP contribution in [0.15, 0.2) is 65.5 Å². The van der Waals surface area contributed by atoms with Gasteiger partial charge < -0.3 is 88.2 Å². The predicted octanol–water partition coefficient (Wildman–Crippen LogP) is 2.41. The Hall–Kier alpha value is -7.77. The number of nitrogens with two attached hydrogens (primary N) is 1. The van der Waals surface area contributed by atoms with E-state index in [9.17, 15) is 43.5 Å². The highest BCUT2D eigenvalue weighted by atomic mass is 16.8. The van der Waals surface area contributed by atoms with Gasteiger partial charge in [-0.1, -0.05) is 19.1 Å². The second-order valence-electron chi connectivity index (χ2n) is 20.3. The molecule has 89 heavy (non-hydrogen) atoms. The van der Waals surface area contributed by atoms with Crippen LogP contribution in [-0.4, -0.2) is 200 Å². The average molecular weight is 1250 g/mol. The fraction of sp³-hybridized carbons (Fsp3) is 0.525. The van der Waals surface area contributed by atoms with Gasteiger partial charge in [-0.15, -0.1) is 0 Å². The monoisotopic (exact) mass is 1250 g/mol. The van der Waals surface area contributed by atoms with Crippen molar-refractivity contribution in [3.05, 3.63) is 98.9 Å². The first kappa shape index (κ1) is 68.7. The molecule has 3 aliphatic rings. The van der Waals surface area contributed by atoms with E-state index in [-0.39, 0.29) is 87.7 Å². The van der Waals surface area contributed by atoms with Gasteiger partial charge in [0, 0.05) is 61.8 Å². The molecule has 5 amide bonds. The number of anilines is 1. The molecule has 0 radical (unpaired) electrons. The fourth-order valence-electron chi connectivity index (χ4n) is 9.70. The summed E-state index contributed by atoms with van der Waals surface area (Å²) in [5.41, 5.74) is 9.32. The van der Waals surface area contributed by atoms with E-state index in [1.54, 1.807) is 42.5 Å². The van der Waals surface area contributed by atoms with Crippen molar-refractivity contribution in [2.24, 2.45) is 5.73 Å². The summed E-state index contributed by atoms with van der Waals surface area (Å²) in [5.74, 6) is -5.40. The summed E-state index contributed by atoms with van der Waals surface area (Å²) < 4.78 is 67.5. The maximum atomic E-state index is 14.1. The van der Waals surface area contributed by atoms with Crippen LogP contribution in [0.4, 0.5) is 10.5 Å². The van der Waals surface area contributed by atoms with Crippen LogP contribution in [0.1, 0.15) is 66.8 Å². The van der Waals surface area contributed by atoms with E-state index in [1.165, 1.54) is 22.8 Å². The molecule has 2 aromatic heterocycles. The molecule has 0 bridgehead atoms. The van der Waals surface area contributed by atoms with Gasteiger partial charge in [-0.05, 0) is 79.8 Å². The molecule has 484 valence electrons. The maximum absolute atomic E-state index is 14.1. The van der Waals surface area contributed by atoms with Crippen LogP contribution in [-0.2, 0) is 118 Å². The van der Waals surface area contributed by atoms with Crippen LogP contribution in [0, 0.1) is 0 Å². The Morgan fingerprint density at radius 1 is 0.730 bits per heavy atom. The number of ether oxygens (including phenoxy) is 12. The van der Waals surface area contributed by atoms with Crippen molar-refractivity contribution in [2.45, 2.75) is 77.0 Å². The zero-order valence-corrected chi connectivity index (χ0v) is 50.2. The number of unbranched alkanes of at least 4 members (excludes halogenated alkanes) is 1. The lowest BCUT2D eigenvalue weighted by Crippen LogP contribution is -2.49. The number of imide groups is 1. The number of phenols is 1. The molecule has 0 saturated heterocycles. The second-order valence-corrected chi connectivity index (χ2v) is 20.3. The van der Waals surface area contributed by atoms with E-state index in [1.807, 2.05) is 6.92 Å². The lowest BCUT2D eigenvalue weighted by Gasteiger charge is -2.34. The van der Waals surface area contributed by atoms with Crippen molar-refractivity contribution in [3.8, 4) is 17.1 Å². The van der Waals surface area contributed by atoms with Gasteiger partial charge in [0.05, 0.1) is 140 Å². The number of esters is 1. The number of carbonyl (C=O) groups is 7. The lowest BCUT2D eigenvalue weighted by atomic mass is 9.95. The number of methoxy groups -OCH3 is 1. The van der Waals surface area contributed by atoms with E-state index in [0.717, 1.165) is 28.5 Å². The number of aryl methyl sites for hydroxylation is 1. The highest BCUT2D eigenvalue weighted by Gasteiger charge is 2.53. The lowest BCUT2D eigenvalue weighted by molar-refractivity contribution is -0.237. The zero-order chi connectivity index (χ0) is 63.4. The fourth-order valence-corrected chi connectivity index (χ4v) is 9.70. The molecule has 0 spiro atoms. The standard InChI is InChI=1S/C61H79N7O21/c1-3-44-45-36-43(69)11-12-49(45)66-56-46(44)38-68-51(56)37-48-47(58(68)75)40-87-59(76)61(48,78-2)89-60(77)88-39-41-7-9-42(10-8-41)64-57(74)50(6-4-5-17-62)65-53(71)16-20-79-22-24-81-26-28-83-30-32-85-34-35-86-33-31-84-29-27-82-25-23-80-21-18-63-52(70)15-19-67-54(72)13-14-55(67)73/h7-14,36-37,50,69H,3-6,15-35,38-40,62H2,1-2H3,(H,63,70)(H,64,74)(H,65,71)/t50-,61-/m0/s1. The number of hydrogen-bond acceptors (Lipinski definition) is 23. The van der Waals surface area contributed by atoms with Crippen LogP contribution in [0.5, 0.6) is 5.75 Å². The number of amides is 5. The Kier molecular flexibility index (Phi) is 27.8. The topological polar surface area (TPSA) is 351 Å².